The quantitative estimate of drug-likeness (QED) is 0.121. The molecular formula is C33H34N2O13. The number of carbonyl (C=O) groups is 2. The van der Waals surface area contributed by atoms with Crippen molar-refractivity contribution in [3.63, 3.8) is 0 Å². The number of nitrogens with one attached hydrogen (secondary N) is 1. The second-order valence-electron chi connectivity index (χ2n) is 11.8. The fourth-order valence-electron chi connectivity index (χ4n) is 6.54. The molecule has 3 aliphatic heterocycles. The van der Waals surface area contributed by atoms with Crippen LogP contribution in [0.5, 0.6) is 28.7 Å². The van der Waals surface area contributed by atoms with Gasteiger partial charge in [0, 0.05) is 47.7 Å². The Morgan fingerprint density at radius 1 is 1.04 bits per heavy atom. The van der Waals surface area contributed by atoms with Crippen LogP contribution in [0, 0.1) is 0 Å². The molecule has 0 amide bonds. The van der Waals surface area contributed by atoms with E-state index in [0.29, 0.717) is 29.5 Å². The standard InChI is InChI=1S/C33H34N2O13/c1-42-21-4-3-18-19-13-44-22-8-17(46-33-29(41)28(40)27(39)23(47-33)14-45-25(38)9-24(36)37)7-16(11-35-10-15-5-6-34-20(15)12-35)26(22)30(19)48-31(18)32(21)43-2/h3-8,10,12,19,23,27-30,33-34,39-41H,9,11,13-14H2,1-2H3,(H,36,37). The number of ether oxygens (including phenoxy) is 7. The molecule has 4 aromatic rings. The SMILES string of the molecule is COc1ccc2c(c1OC)OC1c3c(Cn4cc5cc[nH]c5c4)cc(OC4OC(COC(=O)CC(=O)O)C(O)C(O)C4O)cc3OCC21. The fourth-order valence-corrected chi connectivity index (χ4v) is 6.54. The Hall–Kier alpha value is -4.96. The summed E-state index contributed by atoms with van der Waals surface area (Å²) in [4.78, 5) is 25.8. The molecule has 0 radical (unpaired) electrons. The number of benzene rings is 2. The Labute approximate surface area is 273 Å². The first-order valence-corrected chi connectivity index (χ1v) is 15.2. The highest BCUT2D eigenvalue weighted by Gasteiger charge is 2.47. The number of methoxy groups -OCH3 is 2. The molecule has 1 fully saturated rings. The van der Waals surface area contributed by atoms with Gasteiger partial charge in [0.1, 0.15) is 55.0 Å². The molecule has 0 saturated carbocycles. The molecule has 2 aromatic carbocycles. The highest BCUT2D eigenvalue weighted by atomic mass is 16.7. The van der Waals surface area contributed by atoms with E-state index in [4.69, 9.17) is 38.3 Å². The van der Waals surface area contributed by atoms with Crippen LogP contribution >= 0.6 is 0 Å². The van der Waals surface area contributed by atoms with Crippen LogP contribution in [-0.4, -0.2) is 100 Å². The largest absolute Gasteiger partial charge is 0.493 e. The first-order chi connectivity index (χ1) is 23.1. The molecule has 5 N–H and O–H groups in total. The van der Waals surface area contributed by atoms with Crippen molar-refractivity contribution >= 4 is 22.8 Å². The predicted molar refractivity (Wildman–Crippen MR) is 164 cm³/mol. The van der Waals surface area contributed by atoms with E-state index < -0.39 is 61.8 Å². The molecule has 7 atom stereocenters. The van der Waals surface area contributed by atoms with Crippen molar-refractivity contribution in [3.05, 3.63) is 65.6 Å². The summed E-state index contributed by atoms with van der Waals surface area (Å²) in [6.07, 6.45) is -3.38. The molecule has 48 heavy (non-hydrogen) atoms. The second-order valence-corrected chi connectivity index (χ2v) is 11.8. The lowest BCUT2D eigenvalue weighted by molar-refractivity contribution is -0.278. The molecule has 15 nitrogen and oxygen atoms in total. The topological polar surface area (TPSA) is 200 Å². The van der Waals surface area contributed by atoms with Crippen LogP contribution in [0.4, 0.5) is 0 Å². The minimum atomic E-state index is -1.72. The first kappa shape index (κ1) is 31.6. The van der Waals surface area contributed by atoms with Gasteiger partial charge in [0.2, 0.25) is 12.0 Å². The summed E-state index contributed by atoms with van der Waals surface area (Å²) in [6.45, 7) is 0.0879. The van der Waals surface area contributed by atoms with E-state index >= 15 is 0 Å². The third-order valence-corrected chi connectivity index (χ3v) is 8.83. The maximum atomic E-state index is 11.8. The molecule has 7 unspecified atom stereocenters. The molecule has 254 valence electrons. The van der Waals surface area contributed by atoms with Crippen LogP contribution in [0.15, 0.2) is 48.9 Å². The van der Waals surface area contributed by atoms with Gasteiger partial charge in [0.25, 0.3) is 0 Å². The van der Waals surface area contributed by atoms with Gasteiger partial charge < -0.3 is 63.1 Å². The van der Waals surface area contributed by atoms with Crippen LogP contribution in [-0.2, 0) is 25.6 Å². The minimum Gasteiger partial charge on any atom is -0.493 e. The van der Waals surface area contributed by atoms with Gasteiger partial charge in [-0.2, -0.15) is 0 Å². The number of aliphatic hydroxyl groups excluding tert-OH is 3. The van der Waals surface area contributed by atoms with Crippen LogP contribution in [0.2, 0.25) is 0 Å². The Morgan fingerprint density at radius 2 is 1.88 bits per heavy atom. The number of H-pyrrole nitrogens is 1. The average molecular weight is 667 g/mol. The van der Waals surface area contributed by atoms with E-state index in [0.717, 1.165) is 27.6 Å². The Balaban J connectivity index is 1.21. The molecule has 2 aromatic heterocycles. The molecule has 0 spiro atoms. The van der Waals surface area contributed by atoms with Crippen molar-refractivity contribution in [1.29, 1.82) is 0 Å². The third-order valence-electron chi connectivity index (χ3n) is 8.83. The zero-order chi connectivity index (χ0) is 33.7. The molecule has 7 rings (SSSR count). The van der Waals surface area contributed by atoms with Gasteiger partial charge in [0.15, 0.2) is 11.5 Å². The third kappa shape index (κ3) is 5.64. The minimum absolute atomic E-state index is 0.151. The molecule has 0 aliphatic carbocycles. The lowest BCUT2D eigenvalue weighted by Crippen LogP contribution is -2.60. The number of aliphatic carboxylic acids is 1. The number of esters is 1. The summed E-state index contributed by atoms with van der Waals surface area (Å²) in [7, 11) is 3.11. The van der Waals surface area contributed by atoms with Crippen LogP contribution in [0.3, 0.4) is 0 Å². The Kier molecular flexibility index (Phi) is 8.29. The van der Waals surface area contributed by atoms with Gasteiger partial charge >= 0.3 is 11.9 Å². The normalized spacial score (nSPS) is 25.6. The Morgan fingerprint density at radius 3 is 2.62 bits per heavy atom. The van der Waals surface area contributed by atoms with E-state index in [9.17, 15) is 24.9 Å². The van der Waals surface area contributed by atoms with Crippen molar-refractivity contribution < 1.29 is 63.2 Å². The van der Waals surface area contributed by atoms with Crippen LogP contribution < -0.4 is 23.7 Å². The van der Waals surface area contributed by atoms with Crippen LogP contribution in [0.1, 0.15) is 35.1 Å². The number of carbonyl (C=O) groups excluding carboxylic acids is 1. The van der Waals surface area contributed by atoms with Gasteiger partial charge in [-0.3, -0.25) is 9.59 Å². The number of nitrogens with zero attached hydrogens (tertiary/aromatic N) is 1. The van der Waals surface area contributed by atoms with Gasteiger partial charge in [-0.15, -0.1) is 0 Å². The number of carboxylic acid groups (broad SMARTS) is 1. The smallest absolute Gasteiger partial charge is 0.317 e. The van der Waals surface area contributed by atoms with E-state index in [1.54, 1.807) is 26.4 Å². The number of aromatic amines is 1. The number of carboxylic acids is 1. The Bertz CT molecular complexity index is 1820. The molecular weight excluding hydrogens is 632 g/mol. The zero-order valence-corrected chi connectivity index (χ0v) is 25.9. The molecule has 0 bridgehead atoms. The van der Waals surface area contributed by atoms with E-state index in [1.807, 2.05) is 41.4 Å². The van der Waals surface area contributed by atoms with Gasteiger partial charge in [-0.05, 0) is 23.8 Å². The number of hydrogen-bond acceptors (Lipinski definition) is 12. The van der Waals surface area contributed by atoms with Crippen molar-refractivity contribution in [3.8, 4) is 28.7 Å². The van der Waals surface area contributed by atoms with Crippen molar-refractivity contribution in [1.82, 2.24) is 9.55 Å². The summed E-state index contributed by atoms with van der Waals surface area (Å²) in [5.41, 5.74) is 3.44. The monoisotopic (exact) mass is 666 g/mol. The molecule has 5 heterocycles. The summed E-state index contributed by atoms with van der Waals surface area (Å²) in [5, 5.41) is 41.7. The zero-order valence-electron chi connectivity index (χ0n) is 25.9. The number of hydrogen-bond donors (Lipinski definition) is 5. The number of fused-ring (bicyclic) bond motifs is 6. The van der Waals surface area contributed by atoms with Gasteiger partial charge in [-0.1, -0.05) is 6.07 Å². The maximum Gasteiger partial charge on any atom is 0.317 e. The van der Waals surface area contributed by atoms with E-state index in [2.05, 4.69) is 4.98 Å². The summed E-state index contributed by atoms with van der Waals surface area (Å²) in [5.74, 6) is -0.293. The molecule has 15 heteroatoms. The summed E-state index contributed by atoms with van der Waals surface area (Å²) >= 11 is 0. The number of aromatic nitrogens is 2. The summed E-state index contributed by atoms with van der Waals surface area (Å²) in [6, 6.07) is 9.14. The average Bonchev–Trinajstić information content (AvgIpc) is 3.77. The fraction of sp³-hybridized carbons (Fsp3) is 0.394. The maximum absolute atomic E-state index is 11.8. The predicted octanol–water partition coefficient (Wildman–Crippen LogP) is 1.85. The summed E-state index contributed by atoms with van der Waals surface area (Å²) < 4.78 is 42.8. The van der Waals surface area contributed by atoms with Crippen LogP contribution in [0.25, 0.3) is 10.9 Å². The lowest BCUT2D eigenvalue weighted by atomic mass is 9.86. The highest BCUT2D eigenvalue weighted by molar-refractivity contribution is 5.90. The van der Waals surface area contributed by atoms with Crippen molar-refractivity contribution in [2.45, 2.75) is 55.7 Å². The van der Waals surface area contributed by atoms with E-state index in [-0.39, 0.29) is 18.3 Å². The molecule has 3 aliphatic rings. The second kappa shape index (κ2) is 12.6. The van der Waals surface area contributed by atoms with Crippen molar-refractivity contribution in [2.24, 2.45) is 0 Å². The highest BCUT2D eigenvalue weighted by Crippen LogP contribution is 2.57. The molecule has 1 saturated heterocycles. The van der Waals surface area contributed by atoms with Crippen molar-refractivity contribution in [2.75, 3.05) is 27.4 Å². The first-order valence-electron chi connectivity index (χ1n) is 15.2. The van der Waals surface area contributed by atoms with Gasteiger partial charge in [-0.25, -0.2) is 0 Å². The number of aliphatic hydroxyl groups is 3. The van der Waals surface area contributed by atoms with E-state index in [1.165, 1.54) is 0 Å². The number of rotatable bonds is 10. The van der Waals surface area contributed by atoms with Gasteiger partial charge in [0.05, 0.1) is 32.3 Å². The lowest BCUT2D eigenvalue weighted by Gasteiger charge is -2.40.